The Labute approximate surface area is 180 Å². The second-order valence-corrected chi connectivity index (χ2v) is 7.41. The molecule has 0 bridgehead atoms. The standard InChI is InChI=1S/C28H21FO2/c29-25-17-9-16-24-26(25)28(31-19-21-12-5-2-6-13-21)23-15-8-7-14-22(23)27(24)30-18-20-10-3-1-4-11-20/h1-17H,18-19H2. The van der Waals surface area contributed by atoms with Crippen LogP contribution in [0.2, 0.25) is 0 Å². The summed E-state index contributed by atoms with van der Waals surface area (Å²) in [7, 11) is 0. The van der Waals surface area contributed by atoms with Gasteiger partial charge in [-0.2, -0.15) is 0 Å². The van der Waals surface area contributed by atoms with E-state index < -0.39 is 0 Å². The Morgan fingerprint density at radius 3 is 1.58 bits per heavy atom. The van der Waals surface area contributed by atoms with Gasteiger partial charge in [-0.15, -0.1) is 0 Å². The summed E-state index contributed by atoms with van der Waals surface area (Å²) >= 11 is 0. The predicted octanol–water partition coefficient (Wildman–Crippen LogP) is 7.29. The molecule has 0 saturated heterocycles. The minimum absolute atomic E-state index is 0.323. The summed E-state index contributed by atoms with van der Waals surface area (Å²) in [6, 6.07) is 32.8. The molecule has 0 aliphatic rings. The number of hydrogen-bond acceptors (Lipinski definition) is 2. The summed E-state index contributed by atoms with van der Waals surface area (Å²) in [6.45, 7) is 0.763. The van der Waals surface area contributed by atoms with Crippen LogP contribution >= 0.6 is 0 Å². The van der Waals surface area contributed by atoms with Gasteiger partial charge in [0, 0.05) is 16.2 Å². The Morgan fingerprint density at radius 1 is 0.484 bits per heavy atom. The first-order chi connectivity index (χ1) is 15.3. The molecule has 0 N–H and O–H groups in total. The molecule has 0 fully saturated rings. The van der Waals surface area contributed by atoms with Gasteiger partial charge in [0.2, 0.25) is 0 Å². The van der Waals surface area contributed by atoms with E-state index in [1.54, 1.807) is 6.07 Å². The van der Waals surface area contributed by atoms with Crippen LogP contribution in [0.4, 0.5) is 4.39 Å². The molecule has 0 aliphatic heterocycles. The first kappa shape index (κ1) is 19.1. The molecule has 0 saturated carbocycles. The van der Waals surface area contributed by atoms with Crippen LogP contribution in [0.5, 0.6) is 11.5 Å². The highest BCUT2D eigenvalue weighted by molar-refractivity contribution is 6.11. The van der Waals surface area contributed by atoms with Crippen molar-refractivity contribution in [1.29, 1.82) is 0 Å². The van der Waals surface area contributed by atoms with Gasteiger partial charge in [-0.3, -0.25) is 0 Å². The largest absolute Gasteiger partial charge is 0.488 e. The lowest BCUT2D eigenvalue weighted by molar-refractivity contribution is 0.307. The third-order valence-electron chi connectivity index (χ3n) is 5.35. The molecule has 0 spiro atoms. The van der Waals surface area contributed by atoms with Gasteiger partial charge >= 0.3 is 0 Å². The fraction of sp³-hybridized carbons (Fsp3) is 0.0714. The molecule has 5 aromatic carbocycles. The second-order valence-electron chi connectivity index (χ2n) is 7.41. The molecule has 0 heterocycles. The maximum atomic E-state index is 15.1. The van der Waals surface area contributed by atoms with Crippen LogP contribution in [0.3, 0.4) is 0 Å². The number of rotatable bonds is 6. The van der Waals surface area contributed by atoms with Gasteiger partial charge in [0.15, 0.2) is 0 Å². The molecule has 0 amide bonds. The van der Waals surface area contributed by atoms with Crippen molar-refractivity contribution in [2.24, 2.45) is 0 Å². The highest BCUT2D eigenvalue weighted by Gasteiger charge is 2.19. The normalized spacial score (nSPS) is 11.0. The van der Waals surface area contributed by atoms with E-state index in [1.807, 2.05) is 91.0 Å². The quantitative estimate of drug-likeness (QED) is 0.275. The summed E-state index contributed by atoms with van der Waals surface area (Å²) in [5, 5.41) is 2.89. The minimum Gasteiger partial charge on any atom is -0.488 e. The third-order valence-corrected chi connectivity index (χ3v) is 5.35. The summed E-state index contributed by atoms with van der Waals surface area (Å²) in [5.74, 6) is 0.886. The van der Waals surface area contributed by atoms with Gasteiger partial charge in [0.25, 0.3) is 0 Å². The van der Waals surface area contributed by atoms with E-state index in [2.05, 4.69) is 0 Å². The maximum Gasteiger partial charge on any atom is 0.138 e. The van der Waals surface area contributed by atoms with Crippen molar-refractivity contribution in [3.05, 3.63) is 120 Å². The lowest BCUT2D eigenvalue weighted by Gasteiger charge is -2.18. The van der Waals surface area contributed by atoms with Crippen LogP contribution in [0.15, 0.2) is 103 Å². The molecule has 5 rings (SSSR count). The molecule has 0 radical (unpaired) electrons. The van der Waals surface area contributed by atoms with Crippen molar-refractivity contribution >= 4 is 21.5 Å². The van der Waals surface area contributed by atoms with Crippen LogP contribution < -0.4 is 9.47 Å². The number of fused-ring (bicyclic) bond motifs is 2. The van der Waals surface area contributed by atoms with Gasteiger partial charge in [-0.25, -0.2) is 4.39 Å². The molecule has 2 nitrogen and oxygen atoms in total. The molecule has 0 aromatic heterocycles. The third kappa shape index (κ3) is 3.82. The Bertz CT molecular complexity index is 1330. The van der Waals surface area contributed by atoms with Gasteiger partial charge in [0.05, 0.1) is 5.39 Å². The first-order valence-corrected chi connectivity index (χ1v) is 10.3. The zero-order valence-corrected chi connectivity index (χ0v) is 16.9. The number of ether oxygens (including phenoxy) is 2. The Balaban J connectivity index is 1.65. The minimum atomic E-state index is -0.323. The SMILES string of the molecule is Fc1cccc2c(OCc3ccccc3)c3ccccc3c(OCc3ccccc3)c12. The smallest absolute Gasteiger partial charge is 0.138 e. The molecule has 5 aromatic rings. The average molecular weight is 408 g/mol. The Hall–Kier alpha value is -3.85. The topological polar surface area (TPSA) is 18.5 Å². The molecule has 152 valence electrons. The number of hydrogen-bond donors (Lipinski definition) is 0. The summed E-state index contributed by atoms with van der Waals surface area (Å²) in [5.41, 5.74) is 2.08. The van der Waals surface area contributed by atoms with Gasteiger partial charge in [-0.05, 0) is 17.2 Å². The van der Waals surface area contributed by atoms with Crippen LogP contribution in [0, 0.1) is 5.82 Å². The molecule has 3 heteroatoms. The van der Waals surface area contributed by atoms with E-state index in [1.165, 1.54) is 6.07 Å². The van der Waals surface area contributed by atoms with Crippen LogP contribution in [-0.2, 0) is 13.2 Å². The van der Waals surface area contributed by atoms with E-state index in [0.29, 0.717) is 35.5 Å². The zero-order valence-electron chi connectivity index (χ0n) is 16.9. The molecule has 0 aliphatic carbocycles. The lowest BCUT2D eigenvalue weighted by Crippen LogP contribution is -2.01. The zero-order chi connectivity index (χ0) is 21.0. The highest BCUT2D eigenvalue weighted by atomic mass is 19.1. The summed E-state index contributed by atoms with van der Waals surface area (Å²) in [4.78, 5) is 0. The monoisotopic (exact) mass is 408 g/mol. The molecular weight excluding hydrogens is 387 g/mol. The summed E-state index contributed by atoms with van der Waals surface area (Å²) < 4.78 is 27.6. The van der Waals surface area contributed by atoms with E-state index >= 15 is 4.39 Å². The van der Waals surface area contributed by atoms with Gasteiger partial charge in [-0.1, -0.05) is 97.1 Å². The van der Waals surface area contributed by atoms with Gasteiger partial charge in [0.1, 0.15) is 30.5 Å². The second kappa shape index (κ2) is 8.49. The highest BCUT2D eigenvalue weighted by Crippen LogP contribution is 2.44. The van der Waals surface area contributed by atoms with Crippen molar-refractivity contribution in [1.82, 2.24) is 0 Å². The van der Waals surface area contributed by atoms with Crippen LogP contribution in [-0.4, -0.2) is 0 Å². The maximum absolute atomic E-state index is 15.1. The predicted molar refractivity (Wildman–Crippen MR) is 123 cm³/mol. The molecular formula is C28H21FO2. The average Bonchev–Trinajstić information content (AvgIpc) is 2.83. The lowest BCUT2D eigenvalue weighted by atomic mass is 10.00. The van der Waals surface area contributed by atoms with Crippen molar-refractivity contribution < 1.29 is 13.9 Å². The van der Waals surface area contributed by atoms with Crippen molar-refractivity contribution in [3.8, 4) is 11.5 Å². The van der Waals surface area contributed by atoms with Crippen LogP contribution in [0.25, 0.3) is 21.5 Å². The van der Waals surface area contributed by atoms with Crippen molar-refractivity contribution in [2.45, 2.75) is 13.2 Å². The first-order valence-electron chi connectivity index (χ1n) is 10.3. The summed E-state index contributed by atoms with van der Waals surface area (Å²) in [6.07, 6.45) is 0. The molecule has 0 unspecified atom stereocenters. The van der Waals surface area contributed by atoms with Gasteiger partial charge < -0.3 is 9.47 Å². The number of halogens is 1. The fourth-order valence-corrected chi connectivity index (χ4v) is 3.87. The van der Waals surface area contributed by atoms with E-state index in [9.17, 15) is 0 Å². The van der Waals surface area contributed by atoms with E-state index in [4.69, 9.17) is 9.47 Å². The van der Waals surface area contributed by atoms with E-state index in [-0.39, 0.29) is 5.82 Å². The fourth-order valence-electron chi connectivity index (χ4n) is 3.87. The van der Waals surface area contributed by atoms with Crippen LogP contribution in [0.1, 0.15) is 11.1 Å². The van der Waals surface area contributed by atoms with Crippen molar-refractivity contribution in [2.75, 3.05) is 0 Å². The van der Waals surface area contributed by atoms with Crippen molar-refractivity contribution in [3.63, 3.8) is 0 Å². The Kier molecular flexibility index (Phi) is 5.24. The van der Waals surface area contributed by atoms with E-state index in [0.717, 1.165) is 21.9 Å². The molecule has 31 heavy (non-hydrogen) atoms. The molecule has 0 atom stereocenters. The number of benzene rings is 5. The Morgan fingerprint density at radius 2 is 0.968 bits per heavy atom.